The summed E-state index contributed by atoms with van der Waals surface area (Å²) in [4.78, 5) is 54.4. The minimum absolute atomic E-state index is 0.102. The van der Waals surface area contributed by atoms with E-state index in [0.717, 1.165) is 25.7 Å². The predicted molar refractivity (Wildman–Crippen MR) is 144 cm³/mol. The van der Waals surface area contributed by atoms with Crippen molar-refractivity contribution in [2.24, 2.45) is 5.92 Å². The predicted octanol–water partition coefficient (Wildman–Crippen LogP) is -0.393. The molecule has 0 spiro atoms. The third-order valence-corrected chi connectivity index (χ3v) is 7.96. The Bertz CT molecular complexity index is 1050. The van der Waals surface area contributed by atoms with E-state index in [-0.39, 0.29) is 24.7 Å². The van der Waals surface area contributed by atoms with Crippen molar-refractivity contribution in [1.82, 2.24) is 20.9 Å². The molecule has 220 valence electrons. The summed E-state index contributed by atoms with van der Waals surface area (Å²) in [5, 5.41) is 19.9. The molecule has 40 heavy (non-hydrogen) atoms. The van der Waals surface area contributed by atoms with Crippen LogP contribution >= 0.6 is 0 Å². The summed E-state index contributed by atoms with van der Waals surface area (Å²) in [6, 6.07) is 0.506. The molecule has 2 saturated heterocycles. The first-order chi connectivity index (χ1) is 19.1. The molecule has 3 fully saturated rings. The van der Waals surface area contributed by atoms with Crippen LogP contribution in [0.2, 0.25) is 0 Å². The molecule has 1 saturated carbocycles. The average molecular weight is 560 g/mol. The van der Waals surface area contributed by atoms with E-state index < -0.39 is 35.5 Å². The molecular weight excluding hydrogens is 518 g/mol. The van der Waals surface area contributed by atoms with Gasteiger partial charge in [-0.15, -0.1) is 0 Å². The number of epoxide rings is 1. The number of hydrogen-bond donors (Lipinski definition) is 3. The zero-order valence-electron chi connectivity index (χ0n) is 23.4. The molecule has 3 N–H and O–H groups in total. The van der Waals surface area contributed by atoms with Crippen molar-refractivity contribution >= 4 is 23.5 Å². The van der Waals surface area contributed by atoms with E-state index in [2.05, 4.69) is 16.0 Å². The van der Waals surface area contributed by atoms with Crippen LogP contribution in [-0.2, 0) is 35.1 Å². The number of aromatic nitrogens is 1. The summed E-state index contributed by atoms with van der Waals surface area (Å²) in [6.45, 7) is 6.15. The molecule has 1 aromatic rings. The van der Waals surface area contributed by atoms with E-state index in [4.69, 9.17) is 9.47 Å². The zero-order chi connectivity index (χ0) is 28.7. The highest BCUT2D eigenvalue weighted by Gasteiger charge is 2.50. The first kappa shape index (κ1) is 29.9. The van der Waals surface area contributed by atoms with Gasteiger partial charge in [0.1, 0.15) is 17.7 Å². The Morgan fingerprint density at radius 2 is 1.68 bits per heavy atom. The number of hydrogen-bond acceptors (Lipinski definition) is 8. The summed E-state index contributed by atoms with van der Waals surface area (Å²) >= 11 is 0. The molecule has 0 aromatic carbocycles. The lowest BCUT2D eigenvalue weighted by Crippen LogP contribution is -2.57. The molecule has 1 aliphatic carbocycles. The van der Waals surface area contributed by atoms with Gasteiger partial charge in [-0.2, -0.15) is 4.73 Å². The second kappa shape index (κ2) is 13.5. The van der Waals surface area contributed by atoms with E-state index in [1.165, 1.54) is 12.4 Å². The Labute approximate surface area is 234 Å². The number of morpholine rings is 1. The molecule has 4 atom stereocenters. The number of carbonyl (C=O) groups is 4. The van der Waals surface area contributed by atoms with Crippen LogP contribution in [0.1, 0.15) is 51.5 Å². The molecule has 4 rings (SSSR count). The molecule has 3 heterocycles. The number of ketones is 1. The number of nitrogens with one attached hydrogen (secondary N) is 3. The molecule has 0 radical (unpaired) electrons. The monoisotopic (exact) mass is 559 g/mol. The summed E-state index contributed by atoms with van der Waals surface area (Å²) < 4.78 is 11.3. The number of carbonyl (C=O) groups excluding carboxylic acids is 4. The molecule has 3 amide bonds. The van der Waals surface area contributed by atoms with Gasteiger partial charge in [-0.3, -0.25) is 24.1 Å². The van der Waals surface area contributed by atoms with Gasteiger partial charge in [0, 0.05) is 31.6 Å². The Hall–Kier alpha value is -3.09. The maximum absolute atomic E-state index is 13.6. The smallest absolute Gasteiger partial charge is 0.243 e. The van der Waals surface area contributed by atoms with Crippen LogP contribution in [0.4, 0.5) is 0 Å². The quantitative estimate of drug-likeness (QED) is 0.168. The van der Waals surface area contributed by atoms with Crippen molar-refractivity contribution in [3.63, 3.8) is 0 Å². The number of nitrogens with zero attached hydrogens (tertiary/aromatic N) is 2. The van der Waals surface area contributed by atoms with Crippen LogP contribution in [-0.4, -0.2) is 91.6 Å². The van der Waals surface area contributed by atoms with Crippen molar-refractivity contribution < 1.29 is 33.4 Å². The van der Waals surface area contributed by atoms with Gasteiger partial charge in [-0.05, 0) is 31.7 Å². The Morgan fingerprint density at radius 3 is 2.30 bits per heavy atom. The number of Topliss-reactive ketones (excluding diaryl/α,β-unsaturated/α-hetero) is 1. The van der Waals surface area contributed by atoms with Gasteiger partial charge in [0.05, 0.1) is 32.4 Å². The lowest BCUT2D eigenvalue weighted by atomic mass is 9.90. The van der Waals surface area contributed by atoms with Gasteiger partial charge in [-0.25, -0.2) is 0 Å². The van der Waals surface area contributed by atoms with Crippen molar-refractivity contribution in [3.8, 4) is 0 Å². The maximum atomic E-state index is 13.6. The van der Waals surface area contributed by atoms with E-state index >= 15 is 0 Å². The zero-order valence-corrected chi connectivity index (χ0v) is 23.4. The molecular formula is C28H41N5O7. The van der Waals surface area contributed by atoms with E-state index in [9.17, 15) is 24.4 Å². The van der Waals surface area contributed by atoms with E-state index in [1.54, 1.807) is 26.0 Å². The molecule has 1 aromatic heterocycles. The Balaban J connectivity index is 1.42. The van der Waals surface area contributed by atoms with Crippen LogP contribution in [0, 0.1) is 11.1 Å². The van der Waals surface area contributed by atoms with Gasteiger partial charge in [0.15, 0.2) is 18.2 Å². The molecule has 12 nitrogen and oxygen atoms in total. The minimum atomic E-state index is -1.03. The second-order valence-corrected chi connectivity index (χ2v) is 11.3. The SMILES string of the molecule is C[C@H](NC(=O)CN1CCOCC1)C(=O)N[C@@H](Cc1cc[n+]([O-])cc1)C(=O)N[C@@H](CC1CCCC1)C(=O)[C@]1(C)CO1. The van der Waals surface area contributed by atoms with Crippen molar-refractivity contribution in [2.75, 3.05) is 39.5 Å². The Morgan fingerprint density at radius 1 is 1.05 bits per heavy atom. The van der Waals surface area contributed by atoms with Gasteiger partial charge >= 0.3 is 0 Å². The molecule has 3 aliphatic rings. The number of rotatable bonds is 13. The second-order valence-electron chi connectivity index (χ2n) is 11.3. The number of pyridine rings is 1. The first-order valence-corrected chi connectivity index (χ1v) is 14.2. The lowest BCUT2D eigenvalue weighted by molar-refractivity contribution is -0.605. The summed E-state index contributed by atoms with van der Waals surface area (Å²) in [5.41, 5.74) is -0.233. The largest absolute Gasteiger partial charge is 0.619 e. The average Bonchev–Trinajstić information content (AvgIpc) is 3.47. The summed E-state index contributed by atoms with van der Waals surface area (Å²) in [7, 11) is 0. The summed E-state index contributed by atoms with van der Waals surface area (Å²) in [5.74, 6) is -1.14. The van der Waals surface area contributed by atoms with Crippen LogP contribution in [0.15, 0.2) is 24.5 Å². The molecule has 0 bridgehead atoms. The number of ether oxygens (including phenoxy) is 2. The van der Waals surface area contributed by atoms with Crippen LogP contribution in [0.25, 0.3) is 0 Å². The summed E-state index contributed by atoms with van der Waals surface area (Å²) in [6.07, 6.45) is 7.50. The van der Waals surface area contributed by atoms with Crippen LogP contribution in [0.3, 0.4) is 0 Å². The lowest BCUT2D eigenvalue weighted by Gasteiger charge is -2.27. The minimum Gasteiger partial charge on any atom is -0.619 e. The van der Waals surface area contributed by atoms with E-state index in [0.29, 0.717) is 55.5 Å². The maximum Gasteiger partial charge on any atom is 0.243 e. The fourth-order valence-corrected chi connectivity index (χ4v) is 5.34. The van der Waals surface area contributed by atoms with Crippen molar-refractivity contribution in [3.05, 3.63) is 35.3 Å². The van der Waals surface area contributed by atoms with Gasteiger partial charge < -0.3 is 30.6 Å². The normalized spacial score (nSPS) is 23.6. The fraction of sp³-hybridized carbons (Fsp3) is 0.679. The molecule has 0 unspecified atom stereocenters. The van der Waals surface area contributed by atoms with E-state index in [1.807, 2.05) is 4.90 Å². The topological polar surface area (TPSA) is 156 Å². The van der Waals surface area contributed by atoms with Crippen LogP contribution in [0.5, 0.6) is 0 Å². The Kier molecular flexibility index (Phi) is 10.1. The number of amides is 3. The molecule has 2 aliphatic heterocycles. The van der Waals surface area contributed by atoms with Crippen molar-refractivity contribution in [2.45, 2.75) is 76.1 Å². The standard InChI is InChI=1S/C28H41N5O7/c1-19(29-24(34)17-32-11-13-39-14-12-32)26(36)31-23(16-21-7-9-33(38)10-8-21)27(37)30-22(15-20-5-3-4-6-20)25(35)28(2)18-40-28/h7-10,19-20,22-23H,3-6,11-18H2,1-2H3,(H,29,34)(H,30,37)(H,31,36)/t19-,22-,23-,28-/m0/s1. The first-order valence-electron chi connectivity index (χ1n) is 14.2. The molecule has 12 heteroatoms. The highest BCUT2D eigenvalue weighted by atomic mass is 16.6. The third-order valence-electron chi connectivity index (χ3n) is 7.96. The highest BCUT2D eigenvalue weighted by Crippen LogP contribution is 2.33. The van der Waals surface area contributed by atoms with Gasteiger partial charge in [0.25, 0.3) is 0 Å². The van der Waals surface area contributed by atoms with Gasteiger partial charge in [0.2, 0.25) is 17.7 Å². The third kappa shape index (κ3) is 8.45. The highest BCUT2D eigenvalue weighted by molar-refractivity contribution is 5.98. The van der Waals surface area contributed by atoms with Crippen molar-refractivity contribution in [1.29, 1.82) is 0 Å². The fourth-order valence-electron chi connectivity index (χ4n) is 5.34. The van der Waals surface area contributed by atoms with Crippen LogP contribution < -0.4 is 20.7 Å². The van der Waals surface area contributed by atoms with Gasteiger partial charge in [-0.1, -0.05) is 25.7 Å².